The van der Waals surface area contributed by atoms with E-state index in [0.717, 1.165) is 28.2 Å². The van der Waals surface area contributed by atoms with Crippen molar-refractivity contribution in [1.82, 2.24) is 0 Å². The lowest BCUT2D eigenvalue weighted by Crippen LogP contribution is -2.06. The molecule has 144 valence electrons. The lowest BCUT2D eigenvalue weighted by Gasteiger charge is -2.14. The predicted octanol–water partition coefficient (Wildman–Crippen LogP) is 4.39. The second-order valence-corrected chi connectivity index (χ2v) is 7.24. The second kappa shape index (κ2) is 8.44. The minimum atomic E-state index is -0.727. The molecule has 0 bridgehead atoms. The summed E-state index contributed by atoms with van der Waals surface area (Å²) in [5.74, 6) is 0.731. The van der Waals surface area contributed by atoms with Crippen molar-refractivity contribution < 1.29 is 24.1 Å². The van der Waals surface area contributed by atoms with Crippen molar-refractivity contribution in [1.29, 1.82) is 0 Å². The van der Waals surface area contributed by atoms with Crippen LogP contribution >= 0.6 is 0 Å². The SMILES string of the molecule is COCc1cc(OC(C)C)cc(-c2ccc(OCC3CC3C(=O)O)cc2)c1. The number of hydrogen-bond donors (Lipinski definition) is 1. The fourth-order valence-corrected chi connectivity index (χ4v) is 3.10. The highest BCUT2D eigenvalue weighted by molar-refractivity contribution is 5.73. The van der Waals surface area contributed by atoms with Gasteiger partial charge in [0.2, 0.25) is 0 Å². The fourth-order valence-electron chi connectivity index (χ4n) is 3.10. The van der Waals surface area contributed by atoms with E-state index in [1.165, 1.54) is 0 Å². The van der Waals surface area contributed by atoms with Gasteiger partial charge in [-0.05, 0) is 67.3 Å². The first kappa shape index (κ1) is 19.2. The zero-order valence-corrected chi connectivity index (χ0v) is 16.0. The average molecular weight is 370 g/mol. The molecule has 2 aromatic rings. The Bertz CT molecular complexity index is 782. The zero-order valence-electron chi connectivity index (χ0n) is 16.0. The molecule has 2 atom stereocenters. The highest BCUT2D eigenvalue weighted by atomic mass is 16.5. The molecule has 1 aliphatic carbocycles. The Kier molecular flexibility index (Phi) is 6.01. The molecule has 5 nitrogen and oxygen atoms in total. The Morgan fingerprint density at radius 2 is 1.85 bits per heavy atom. The summed E-state index contributed by atoms with van der Waals surface area (Å²) in [7, 11) is 1.68. The second-order valence-electron chi connectivity index (χ2n) is 7.24. The number of hydrogen-bond acceptors (Lipinski definition) is 4. The van der Waals surface area contributed by atoms with Crippen molar-refractivity contribution in [3.05, 3.63) is 48.0 Å². The van der Waals surface area contributed by atoms with Crippen LogP contribution in [0.15, 0.2) is 42.5 Å². The third kappa shape index (κ3) is 5.23. The summed E-state index contributed by atoms with van der Waals surface area (Å²) in [4.78, 5) is 10.9. The first-order valence-corrected chi connectivity index (χ1v) is 9.22. The number of benzene rings is 2. The van der Waals surface area contributed by atoms with E-state index < -0.39 is 5.97 Å². The van der Waals surface area contributed by atoms with Crippen LogP contribution in [0.3, 0.4) is 0 Å². The quantitative estimate of drug-likeness (QED) is 0.709. The van der Waals surface area contributed by atoms with E-state index >= 15 is 0 Å². The monoisotopic (exact) mass is 370 g/mol. The van der Waals surface area contributed by atoms with Crippen LogP contribution in [0.5, 0.6) is 11.5 Å². The Labute approximate surface area is 159 Å². The van der Waals surface area contributed by atoms with Gasteiger partial charge in [0.15, 0.2) is 0 Å². The lowest BCUT2D eigenvalue weighted by molar-refractivity contribution is -0.138. The van der Waals surface area contributed by atoms with E-state index in [2.05, 4.69) is 6.07 Å². The third-order valence-electron chi connectivity index (χ3n) is 4.54. The van der Waals surface area contributed by atoms with E-state index in [-0.39, 0.29) is 17.9 Å². The predicted molar refractivity (Wildman–Crippen MR) is 103 cm³/mol. The van der Waals surface area contributed by atoms with Gasteiger partial charge in [0.05, 0.1) is 25.2 Å². The van der Waals surface area contributed by atoms with Gasteiger partial charge in [-0.15, -0.1) is 0 Å². The minimum absolute atomic E-state index is 0.100. The molecule has 0 amide bonds. The van der Waals surface area contributed by atoms with Crippen LogP contribution in [0.2, 0.25) is 0 Å². The number of ether oxygens (including phenoxy) is 3. The van der Waals surface area contributed by atoms with E-state index in [1.807, 2.05) is 50.2 Å². The topological polar surface area (TPSA) is 65.0 Å². The highest BCUT2D eigenvalue weighted by Crippen LogP contribution is 2.39. The minimum Gasteiger partial charge on any atom is -0.493 e. The summed E-state index contributed by atoms with van der Waals surface area (Å²) < 4.78 is 16.9. The van der Waals surface area contributed by atoms with Crippen molar-refractivity contribution in [2.24, 2.45) is 11.8 Å². The molecule has 0 aliphatic heterocycles. The first-order valence-electron chi connectivity index (χ1n) is 9.22. The van der Waals surface area contributed by atoms with Crippen LogP contribution in [0, 0.1) is 11.8 Å². The van der Waals surface area contributed by atoms with E-state index in [4.69, 9.17) is 19.3 Å². The van der Waals surface area contributed by atoms with Crippen LogP contribution in [-0.4, -0.2) is 30.9 Å². The Morgan fingerprint density at radius 1 is 1.11 bits per heavy atom. The maximum Gasteiger partial charge on any atom is 0.306 e. The van der Waals surface area contributed by atoms with Gasteiger partial charge in [-0.25, -0.2) is 0 Å². The van der Waals surface area contributed by atoms with Gasteiger partial charge >= 0.3 is 5.97 Å². The van der Waals surface area contributed by atoms with Crippen molar-refractivity contribution in [2.45, 2.75) is 33.0 Å². The summed E-state index contributed by atoms with van der Waals surface area (Å²) in [6.45, 7) is 4.98. The molecule has 1 aliphatic rings. The van der Waals surface area contributed by atoms with Gasteiger partial charge in [-0.1, -0.05) is 12.1 Å². The molecular weight excluding hydrogens is 344 g/mol. The molecule has 2 unspecified atom stereocenters. The van der Waals surface area contributed by atoms with Crippen LogP contribution < -0.4 is 9.47 Å². The number of carboxylic acid groups (broad SMARTS) is 1. The van der Waals surface area contributed by atoms with Crippen LogP contribution in [0.1, 0.15) is 25.8 Å². The summed E-state index contributed by atoms with van der Waals surface area (Å²) in [5, 5.41) is 8.95. The molecule has 2 aromatic carbocycles. The van der Waals surface area contributed by atoms with Crippen molar-refractivity contribution in [2.75, 3.05) is 13.7 Å². The van der Waals surface area contributed by atoms with E-state index in [0.29, 0.717) is 19.6 Å². The normalized spacial score (nSPS) is 18.4. The smallest absolute Gasteiger partial charge is 0.306 e. The Hall–Kier alpha value is -2.53. The number of methoxy groups -OCH3 is 1. The molecule has 1 fully saturated rings. The number of carbonyl (C=O) groups is 1. The molecule has 1 N–H and O–H groups in total. The zero-order chi connectivity index (χ0) is 19.4. The Balaban J connectivity index is 1.70. The van der Waals surface area contributed by atoms with Crippen molar-refractivity contribution in [3.63, 3.8) is 0 Å². The maximum atomic E-state index is 10.9. The summed E-state index contributed by atoms with van der Waals surface area (Å²) in [6, 6.07) is 14.0. The largest absolute Gasteiger partial charge is 0.493 e. The molecule has 0 spiro atoms. The highest BCUT2D eigenvalue weighted by Gasteiger charge is 2.43. The van der Waals surface area contributed by atoms with Gasteiger partial charge < -0.3 is 19.3 Å². The molecule has 5 heteroatoms. The molecular formula is C22H26O5. The summed E-state index contributed by atoms with van der Waals surface area (Å²) >= 11 is 0. The van der Waals surface area contributed by atoms with E-state index in [1.54, 1.807) is 7.11 Å². The first-order chi connectivity index (χ1) is 13.0. The summed E-state index contributed by atoms with van der Waals surface area (Å²) in [5.41, 5.74) is 3.17. The summed E-state index contributed by atoms with van der Waals surface area (Å²) in [6.07, 6.45) is 0.807. The van der Waals surface area contributed by atoms with Crippen LogP contribution in [-0.2, 0) is 16.1 Å². The molecule has 0 saturated heterocycles. The molecule has 0 aromatic heterocycles. The number of rotatable bonds is 9. The molecule has 0 heterocycles. The fraction of sp³-hybridized carbons (Fsp3) is 0.409. The number of carboxylic acids is 1. The molecule has 27 heavy (non-hydrogen) atoms. The van der Waals surface area contributed by atoms with Crippen molar-refractivity contribution in [3.8, 4) is 22.6 Å². The standard InChI is InChI=1S/C22H26O5/c1-14(2)27-20-9-15(12-25-3)8-17(10-20)16-4-6-19(7-5-16)26-13-18-11-21(18)22(23)24/h4-10,14,18,21H,11-13H2,1-3H3,(H,23,24). The van der Waals surface area contributed by atoms with Crippen LogP contribution in [0.25, 0.3) is 11.1 Å². The van der Waals surface area contributed by atoms with Gasteiger partial charge in [-0.3, -0.25) is 4.79 Å². The molecule has 1 saturated carbocycles. The third-order valence-corrected chi connectivity index (χ3v) is 4.54. The van der Waals surface area contributed by atoms with Crippen LogP contribution in [0.4, 0.5) is 0 Å². The molecule has 0 radical (unpaired) electrons. The van der Waals surface area contributed by atoms with Gasteiger partial charge in [0.25, 0.3) is 0 Å². The van der Waals surface area contributed by atoms with Gasteiger partial charge in [0, 0.05) is 13.0 Å². The van der Waals surface area contributed by atoms with Gasteiger partial charge in [0.1, 0.15) is 11.5 Å². The van der Waals surface area contributed by atoms with Gasteiger partial charge in [-0.2, -0.15) is 0 Å². The van der Waals surface area contributed by atoms with E-state index in [9.17, 15) is 4.79 Å². The van der Waals surface area contributed by atoms with Crippen molar-refractivity contribution >= 4 is 5.97 Å². The Morgan fingerprint density at radius 3 is 2.44 bits per heavy atom. The average Bonchev–Trinajstić information content (AvgIpc) is 3.40. The lowest BCUT2D eigenvalue weighted by atomic mass is 10.0. The maximum absolute atomic E-state index is 10.9. The number of aliphatic carboxylic acids is 1. The molecule has 3 rings (SSSR count).